The lowest BCUT2D eigenvalue weighted by atomic mass is 9.89. The molecule has 10 heteroatoms. The van der Waals surface area contributed by atoms with Gasteiger partial charge in [0.1, 0.15) is 0 Å². The first-order valence-corrected chi connectivity index (χ1v) is 12.6. The summed E-state index contributed by atoms with van der Waals surface area (Å²) in [6.07, 6.45) is 13.6. The molecular weight excluding hydrogens is 400 g/mol. The fourth-order valence-electron chi connectivity index (χ4n) is 4.06. The number of hydrogen-bond donors (Lipinski definition) is 1. The minimum Gasteiger partial charge on any atom is -0.319 e. The first-order chi connectivity index (χ1) is 13.4. The molecule has 3 rings (SSSR count). The molecule has 0 aromatic carbocycles. The normalized spacial score (nSPS) is 19.6. The molecule has 2 saturated carbocycles. The Morgan fingerprint density at radius 3 is 2.29 bits per heavy atom. The number of hydrogen-bond acceptors (Lipinski definition) is 7. The monoisotopic (exact) mass is 428 g/mol. The molecule has 8 nitrogen and oxygen atoms in total. The standard InChI is InChI=1S/C18H28N4O4S2/c1-28(24,25)26-19-12-14-13-27-17(20-14)21-18(23)22(15-8-4-2-5-9-15)16-10-6-3-7-11-16/h12-13,15-16H,2-11H2,1H3,(H,20,21,23)/b19-12-. The smallest absolute Gasteiger partial charge is 0.319 e. The van der Waals surface area contributed by atoms with Crippen LogP contribution in [-0.2, 0) is 14.4 Å². The molecule has 156 valence electrons. The van der Waals surface area contributed by atoms with E-state index in [2.05, 4.69) is 24.6 Å². The average Bonchev–Trinajstić information content (AvgIpc) is 3.10. The summed E-state index contributed by atoms with van der Waals surface area (Å²) in [6, 6.07) is 0.533. The van der Waals surface area contributed by atoms with Crippen molar-refractivity contribution in [3.05, 3.63) is 11.1 Å². The van der Waals surface area contributed by atoms with E-state index < -0.39 is 10.1 Å². The predicted octanol–water partition coefficient (Wildman–Crippen LogP) is 3.95. The molecule has 0 bridgehead atoms. The molecular formula is C18H28N4O4S2. The van der Waals surface area contributed by atoms with Gasteiger partial charge >= 0.3 is 16.1 Å². The maximum Gasteiger partial charge on any atom is 0.325 e. The van der Waals surface area contributed by atoms with Crippen LogP contribution in [0, 0.1) is 0 Å². The van der Waals surface area contributed by atoms with Crippen LogP contribution in [0.3, 0.4) is 0 Å². The third-order valence-corrected chi connectivity index (χ3v) is 6.40. The van der Waals surface area contributed by atoms with Crippen LogP contribution in [0.4, 0.5) is 9.93 Å². The summed E-state index contributed by atoms with van der Waals surface area (Å²) in [5, 5.41) is 8.50. The summed E-state index contributed by atoms with van der Waals surface area (Å²) in [5.41, 5.74) is 0.436. The van der Waals surface area contributed by atoms with Crippen molar-refractivity contribution in [1.29, 1.82) is 0 Å². The third kappa shape index (κ3) is 6.16. The lowest BCUT2D eigenvalue weighted by Crippen LogP contribution is -2.50. The predicted molar refractivity (Wildman–Crippen MR) is 110 cm³/mol. The summed E-state index contributed by atoms with van der Waals surface area (Å²) in [4.78, 5) is 19.5. The fraction of sp³-hybridized carbons (Fsp3) is 0.722. The molecule has 2 aliphatic rings. The van der Waals surface area contributed by atoms with Gasteiger partial charge in [0, 0.05) is 17.5 Å². The SMILES string of the molecule is CS(=O)(=O)O/N=C\c1csc(NC(=O)N(C2CCCCC2)C2CCCCC2)n1. The first-order valence-electron chi connectivity index (χ1n) is 9.89. The molecule has 0 unspecified atom stereocenters. The summed E-state index contributed by atoms with van der Waals surface area (Å²) < 4.78 is 26.2. The second-order valence-electron chi connectivity index (χ2n) is 7.51. The fourth-order valence-corrected chi connectivity index (χ4v) is 4.91. The van der Waals surface area contributed by atoms with Crippen LogP contribution in [0.1, 0.15) is 69.9 Å². The van der Waals surface area contributed by atoms with E-state index in [1.807, 2.05) is 0 Å². The minimum absolute atomic E-state index is 0.0796. The molecule has 0 spiro atoms. The van der Waals surface area contributed by atoms with Crippen molar-refractivity contribution in [2.24, 2.45) is 5.16 Å². The summed E-state index contributed by atoms with van der Waals surface area (Å²) in [6.45, 7) is 0. The quantitative estimate of drug-likeness (QED) is 0.546. The topological polar surface area (TPSA) is 101 Å². The first kappa shape index (κ1) is 21.0. The van der Waals surface area contributed by atoms with Crippen molar-refractivity contribution in [1.82, 2.24) is 9.88 Å². The number of thiazole rings is 1. The Morgan fingerprint density at radius 2 is 1.75 bits per heavy atom. The lowest BCUT2D eigenvalue weighted by molar-refractivity contribution is 0.114. The van der Waals surface area contributed by atoms with Gasteiger partial charge in [-0.2, -0.15) is 8.42 Å². The number of carbonyl (C=O) groups is 1. The summed E-state index contributed by atoms with van der Waals surface area (Å²) >= 11 is 1.28. The van der Waals surface area contributed by atoms with Crippen molar-refractivity contribution in [3.8, 4) is 0 Å². The van der Waals surface area contributed by atoms with Crippen LogP contribution in [-0.4, -0.2) is 48.9 Å². The van der Waals surface area contributed by atoms with Crippen LogP contribution in [0.25, 0.3) is 0 Å². The number of amides is 2. The van der Waals surface area contributed by atoms with E-state index in [1.54, 1.807) is 5.38 Å². The van der Waals surface area contributed by atoms with Gasteiger partial charge in [-0.3, -0.25) is 9.60 Å². The van der Waals surface area contributed by atoms with Gasteiger partial charge in [0.05, 0.1) is 18.2 Å². The van der Waals surface area contributed by atoms with Crippen LogP contribution in [0.15, 0.2) is 10.5 Å². The maximum absolute atomic E-state index is 13.1. The van der Waals surface area contributed by atoms with Crippen LogP contribution < -0.4 is 5.32 Å². The van der Waals surface area contributed by atoms with Crippen molar-refractivity contribution in [3.63, 3.8) is 0 Å². The van der Waals surface area contributed by atoms with Crippen molar-refractivity contribution >= 4 is 38.8 Å². The second-order valence-corrected chi connectivity index (χ2v) is 9.93. The number of carbonyl (C=O) groups excluding carboxylic acids is 1. The van der Waals surface area contributed by atoms with Gasteiger partial charge in [-0.05, 0) is 25.7 Å². The Hall–Kier alpha value is -1.68. The van der Waals surface area contributed by atoms with E-state index in [1.165, 1.54) is 56.1 Å². The average molecular weight is 429 g/mol. The van der Waals surface area contributed by atoms with Gasteiger partial charge in [0.25, 0.3) is 0 Å². The Labute approximate surface area is 170 Å². The number of anilines is 1. The molecule has 2 aliphatic carbocycles. The van der Waals surface area contributed by atoms with Gasteiger partial charge in [-0.15, -0.1) is 11.3 Å². The molecule has 0 radical (unpaired) electrons. The van der Waals surface area contributed by atoms with Gasteiger partial charge in [-0.1, -0.05) is 43.7 Å². The van der Waals surface area contributed by atoms with Gasteiger partial charge in [-0.25, -0.2) is 9.78 Å². The van der Waals surface area contributed by atoms with E-state index >= 15 is 0 Å². The maximum atomic E-state index is 13.1. The number of aromatic nitrogens is 1. The minimum atomic E-state index is -3.64. The zero-order chi connectivity index (χ0) is 20.0. The molecule has 1 N–H and O–H groups in total. The van der Waals surface area contributed by atoms with Crippen molar-refractivity contribution in [2.75, 3.05) is 11.6 Å². The zero-order valence-electron chi connectivity index (χ0n) is 16.2. The summed E-state index contributed by atoms with van der Waals surface area (Å²) in [5.74, 6) is 0. The molecule has 1 heterocycles. The van der Waals surface area contributed by atoms with E-state index in [0.29, 0.717) is 22.9 Å². The molecule has 1 aromatic heterocycles. The highest BCUT2D eigenvalue weighted by molar-refractivity contribution is 7.85. The number of urea groups is 1. The highest BCUT2D eigenvalue weighted by Gasteiger charge is 2.32. The molecule has 1 aromatic rings. The Balaban J connectivity index is 1.66. The largest absolute Gasteiger partial charge is 0.325 e. The van der Waals surface area contributed by atoms with Crippen LogP contribution >= 0.6 is 11.3 Å². The Morgan fingerprint density at radius 1 is 1.18 bits per heavy atom. The van der Waals surface area contributed by atoms with E-state index in [0.717, 1.165) is 31.9 Å². The zero-order valence-corrected chi connectivity index (χ0v) is 17.8. The number of oxime groups is 1. The molecule has 0 saturated heterocycles. The number of rotatable bonds is 6. The highest BCUT2D eigenvalue weighted by Crippen LogP contribution is 2.31. The van der Waals surface area contributed by atoms with Crippen LogP contribution in [0.2, 0.25) is 0 Å². The van der Waals surface area contributed by atoms with E-state index in [-0.39, 0.29) is 6.03 Å². The van der Waals surface area contributed by atoms with Gasteiger partial charge in [0.2, 0.25) is 0 Å². The number of nitrogens with one attached hydrogen (secondary N) is 1. The third-order valence-electron chi connectivity index (χ3n) is 5.27. The highest BCUT2D eigenvalue weighted by atomic mass is 32.2. The molecule has 28 heavy (non-hydrogen) atoms. The number of nitrogens with zero attached hydrogens (tertiary/aromatic N) is 3. The molecule has 2 amide bonds. The van der Waals surface area contributed by atoms with Gasteiger partial charge in [0.15, 0.2) is 5.13 Å². The molecule has 0 aliphatic heterocycles. The summed E-state index contributed by atoms with van der Waals surface area (Å²) in [7, 11) is -3.64. The van der Waals surface area contributed by atoms with Crippen molar-refractivity contribution in [2.45, 2.75) is 76.3 Å². The van der Waals surface area contributed by atoms with E-state index in [4.69, 9.17) is 0 Å². The molecule has 2 fully saturated rings. The lowest BCUT2D eigenvalue weighted by Gasteiger charge is -2.41. The van der Waals surface area contributed by atoms with E-state index in [9.17, 15) is 13.2 Å². The molecule has 0 atom stereocenters. The Bertz CT molecular complexity index is 763. The van der Waals surface area contributed by atoms with Crippen LogP contribution in [0.5, 0.6) is 0 Å². The van der Waals surface area contributed by atoms with Gasteiger partial charge < -0.3 is 4.90 Å². The Kier molecular flexibility index (Phi) is 7.28. The van der Waals surface area contributed by atoms with Crippen molar-refractivity contribution < 1.29 is 17.5 Å². The second kappa shape index (κ2) is 9.69.